The van der Waals surface area contributed by atoms with Crippen LogP contribution in [-0.2, 0) is 25.8 Å². The van der Waals surface area contributed by atoms with Crippen LogP contribution in [0.25, 0.3) is 16.9 Å². The molecule has 2 aliphatic rings. The molecule has 0 bridgehead atoms. The molecule has 2 aliphatic heterocycles. The molecule has 4 aromatic rings. The molecule has 49 heavy (non-hydrogen) atoms. The van der Waals surface area contributed by atoms with E-state index in [2.05, 4.69) is 10.4 Å². The zero-order valence-corrected chi connectivity index (χ0v) is 26.0. The van der Waals surface area contributed by atoms with Crippen molar-refractivity contribution in [2.24, 2.45) is 5.28 Å². The Hall–Kier alpha value is -5.98. The minimum absolute atomic E-state index is 0.0236. The molecule has 0 aliphatic carbocycles. The largest absolute Gasteiger partial charge is 0.569 e. The number of aryl methyl sites for hydroxylation is 1. The summed E-state index contributed by atoms with van der Waals surface area (Å²) in [6.45, 7) is 0.842. The summed E-state index contributed by atoms with van der Waals surface area (Å²) in [7, 11) is -4.47. The number of imide groups is 1. The number of rotatable bonds is 9. The summed E-state index contributed by atoms with van der Waals surface area (Å²) in [5, 5.41) is 20.1. The highest BCUT2D eigenvalue weighted by Gasteiger charge is 2.39. The van der Waals surface area contributed by atoms with Gasteiger partial charge in [-0.05, 0) is 49.4 Å². The van der Waals surface area contributed by atoms with Gasteiger partial charge < -0.3 is 14.8 Å². The summed E-state index contributed by atoms with van der Waals surface area (Å²) in [5.41, 5.74) is 0.849. The molecule has 0 atom stereocenters. The highest BCUT2D eigenvalue weighted by Crippen LogP contribution is 2.33. The van der Waals surface area contributed by atoms with Crippen LogP contribution in [0.5, 0.6) is 0 Å². The number of halogens is 3. The number of hydrazine groups is 1. The molecule has 6 rings (SSSR count). The van der Waals surface area contributed by atoms with Gasteiger partial charge in [0.05, 0.1) is 32.4 Å². The maximum Gasteiger partial charge on any atom is 0.435 e. The van der Waals surface area contributed by atoms with Gasteiger partial charge in [-0.2, -0.15) is 18.3 Å². The number of carbonyl (C=O) groups is 3. The van der Waals surface area contributed by atoms with E-state index in [1.165, 1.54) is 24.3 Å². The van der Waals surface area contributed by atoms with Crippen molar-refractivity contribution in [2.75, 3.05) is 19.8 Å². The van der Waals surface area contributed by atoms with Crippen LogP contribution in [0.4, 0.5) is 18.0 Å². The maximum absolute atomic E-state index is 13.5. The third kappa shape index (κ3) is 6.73. The van der Waals surface area contributed by atoms with E-state index in [1.54, 1.807) is 41.1 Å². The molecule has 1 aromatic heterocycles. The molecule has 254 valence electrons. The van der Waals surface area contributed by atoms with E-state index >= 15 is 0 Å². The Morgan fingerprint density at radius 1 is 1.02 bits per heavy atom. The number of hydrogen-bond acceptors (Lipinski definition) is 10. The molecule has 3 heterocycles. The monoisotopic (exact) mass is 699 g/mol. The van der Waals surface area contributed by atoms with E-state index in [0.717, 1.165) is 38.4 Å². The number of benzene rings is 3. The van der Waals surface area contributed by atoms with Gasteiger partial charge in [0.1, 0.15) is 19.2 Å². The van der Waals surface area contributed by atoms with E-state index in [0.29, 0.717) is 5.56 Å². The first-order valence-electron chi connectivity index (χ1n) is 14.3. The first kappa shape index (κ1) is 32.9. The Kier molecular flexibility index (Phi) is 8.45. The zero-order valence-electron chi connectivity index (χ0n) is 25.2. The Morgan fingerprint density at radius 3 is 2.22 bits per heavy atom. The summed E-state index contributed by atoms with van der Waals surface area (Å²) in [6.07, 6.45) is -6.97. The van der Waals surface area contributed by atoms with Gasteiger partial charge in [-0.3, -0.25) is 9.59 Å². The van der Waals surface area contributed by atoms with Crippen LogP contribution >= 0.6 is 0 Å². The van der Waals surface area contributed by atoms with E-state index in [-0.39, 0.29) is 45.5 Å². The lowest BCUT2D eigenvalue weighted by molar-refractivity contribution is -0.726. The van der Waals surface area contributed by atoms with Crippen molar-refractivity contribution >= 4 is 27.9 Å². The van der Waals surface area contributed by atoms with Crippen LogP contribution in [0.2, 0.25) is 0 Å². The Labute approximate surface area is 275 Å². The number of carbonyl (C=O) groups excluding carboxylic acids is 3. The second-order valence-corrected chi connectivity index (χ2v) is 12.5. The summed E-state index contributed by atoms with van der Waals surface area (Å²) >= 11 is 0. The number of nitrogens with one attached hydrogen (secondary N) is 1. The number of fused-ring (bicyclic) bond motifs is 1. The van der Waals surface area contributed by atoms with Gasteiger partial charge in [-0.1, -0.05) is 42.0 Å². The van der Waals surface area contributed by atoms with E-state index < -0.39 is 52.6 Å². The summed E-state index contributed by atoms with van der Waals surface area (Å²) < 4.78 is 74.0. The smallest absolute Gasteiger partial charge is 0.435 e. The van der Waals surface area contributed by atoms with Gasteiger partial charge in [0, 0.05) is 5.56 Å². The quantitative estimate of drug-likeness (QED) is 0.116. The molecule has 1 N–H and O–H groups in total. The first-order valence-corrected chi connectivity index (χ1v) is 15.8. The average molecular weight is 700 g/mol. The van der Waals surface area contributed by atoms with Crippen molar-refractivity contribution in [1.29, 1.82) is 0 Å². The molecular weight excluding hydrogens is 675 g/mol. The number of hydrogen-bond donors (Lipinski definition) is 1. The van der Waals surface area contributed by atoms with Crippen LogP contribution < -0.4 is 4.72 Å². The Balaban J connectivity index is 1.03. The molecule has 0 radical (unpaired) electrons. The third-order valence-corrected chi connectivity index (χ3v) is 8.82. The fourth-order valence-electron chi connectivity index (χ4n) is 4.93. The molecule has 0 unspecified atom stereocenters. The molecule has 1 saturated heterocycles. The molecular formula is C30H24F3N7O8S. The minimum atomic E-state index is -4.73. The number of amides is 3. The Morgan fingerprint density at radius 2 is 1.63 bits per heavy atom. The SMILES string of the molecule is Cc1ccc(-c2cc(C(F)(F)F)nn2-c2ccc(S(=O)(=O)NC(=O)OC3CN(/[N+]([O-])=N/OCN4C(=O)c5ccccc5C4=O)C3)cc2)cc1. The zero-order chi connectivity index (χ0) is 35.1. The highest BCUT2D eigenvalue weighted by atomic mass is 32.2. The predicted molar refractivity (Wildman–Crippen MR) is 160 cm³/mol. The normalized spacial score (nSPS) is 15.2. The van der Waals surface area contributed by atoms with Crippen molar-refractivity contribution in [3.8, 4) is 16.9 Å². The lowest BCUT2D eigenvalue weighted by atomic mass is 10.1. The molecule has 0 spiro atoms. The lowest BCUT2D eigenvalue weighted by Crippen LogP contribution is -2.56. The van der Waals surface area contributed by atoms with Crippen LogP contribution in [0.15, 0.2) is 89.0 Å². The van der Waals surface area contributed by atoms with Gasteiger partial charge in [-0.15, -0.1) is 5.01 Å². The third-order valence-electron chi connectivity index (χ3n) is 7.49. The van der Waals surface area contributed by atoms with E-state index in [4.69, 9.17) is 9.57 Å². The fourth-order valence-corrected chi connectivity index (χ4v) is 5.81. The molecule has 0 saturated carbocycles. The van der Waals surface area contributed by atoms with Gasteiger partial charge in [0.2, 0.25) is 12.0 Å². The van der Waals surface area contributed by atoms with Gasteiger partial charge in [0.15, 0.2) is 5.69 Å². The van der Waals surface area contributed by atoms with Crippen LogP contribution in [0.3, 0.4) is 0 Å². The molecule has 1 fully saturated rings. The van der Waals surface area contributed by atoms with Crippen LogP contribution in [0.1, 0.15) is 32.0 Å². The first-order chi connectivity index (χ1) is 23.2. The predicted octanol–water partition coefficient (Wildman–Crippen LogP) is 4.03. The maximum atomic E-state index is 13.5. The lowest BCUT2D eigenvalue weighted by Gasteiger charge is -2.33. The van der Waals surface area contributed by atoms with Crippen LogP contribution in [-0.4, -0.2) is 76.9 Å². The molecule has 3 aromatic carbocycles. The van der Waals surface area contributed by atoms with E-state index in [1.807, 2.05) is 6.92 Å². The second-order valence-electron chi connectivity index (χ2n) is 10.9. The van der Waals surface area contributed by atoms with Crippen molar-refractivity contribution in [3.05, 3.63) is 106 Å². The molecule has 19 heteroatoms. The second kappa shape index (κ2) is 12.6. The topological polar surface area (TPSA) is 179 Å². The van der Waals surface area contributed by atoms with Gasteiger partial charge in [-0.25, -0.2) is 27.5 Å². The molecule has 3 amide bonds. The number of sulfonamides is 1. The summed E-state index contributed by atoms with van der Waals surface area (Å²) in [5.74, 6) is -1.21. The number of nitrogens with zero attached hydrogens (tertiary/aromatic N) is 6. The fraction of sp³-hybridized carbons (Fsp3) is 0.200. The number of aromatic nitrogens is 2. The Bertz CT molecular complexity index is 2040. The van der Waals surface area contributed by atoms with Crippen molar-refractivity contribution in [1.82, 2.24) is 24.4 Å². The summed E-state index contributed by atoms with van der Waals surface area (Å²) in [6, 6.07) is 18.4. The van der Waals surface area contributed by atoms with Crippen molar-refractivity contribution in [2.45, 2.75) is 24.1 Å². The number of ether oxygens (including phenoxy) is 1. The molecule has 15 nitrogen and oxygen atoms in total. The minimum Gasteiger partial charge on any atom is -0.569 e. The average Bonchev–Trinajstić information content (AvgIpc) is 3.59. The van der Waals surface area contributed by atoms with Crippen LogP contribution in [0, 0.1) is 12.1 Å². The highest BCUT2D eigenvalue weighted by molar-refractivity contribution is 7.90. The standard InChI is InChI=1S/C30H24F3N7O8S/c1-18-6-8-19(9-7-18)25-14-26(30(31,32)33)34-39(25)20-10-12-22(13-11-20)49(45,46)35-29(43)48-21-15-37(16-21)40(44)36-47-17-38-27(41)23-4-2-3-5-24(23)28(38)42/h2-14,21H,15-17H2,1H3,(H,35,43)/b40-36-. The summed E-state index contributed by atoms with van der Waals surface area (Å²) in [4.78, 5) is 42.3. The van der Waals surface area contributed by atoms with Crippen molar-refractivity contribution in [3.63, 3.8) is 0 Å². The van der Waals surface area contributed by atoms with E-state index in [9.17, 15) is 41.2 Å². The van der Waals surface area contributed by atoms with Gasteiger partial charge >= 0.3 is 12.3 Å². The van der Waals surface area contributed by atoms with Crippen molar-refractivity contribution < 1.29 is 50.5 Å². The van der Waals surface area contributed by atoms with Gasteiger partial charge in [0.25, 0.3) is 21.8 Å². The number of alkyl halides is 3.